The average molecular weight is 168 g/mol. The molecule has 1 aromatic carbocycles. The van der Waals surface area contributed by atoms with Gasteiger partial charge in [0, 0.05) is 0 Å². The van der Waals surface area contributed by atoms with Crippen molar-refractivity contribution in [2.75, 3.05) is 6.54 Å². The highest BCUT2D eigenvalue weighted by Crippen LogP contribution is 2.07. The summed E-state index contributed by atoms with van der Waals surface area (Å²) in [7, 11) is 0. The Morgan fingerprint density at radius 2 is 1.92 bits per heavy atom. The molecule has 0 fully saturated rings. The van der Waals surface area contributed by atoms with Gasteiger partial charge in [0.2, 0.25) is 0 Å². The van der Waals surface area contributed by atoms with Gasteiger partial charge < -0.3 is 16.6 Å². The van der Waals surface area contributed by atoms with Crippen LogP contribution in [0.15, 0.2) is 30.3 Å². The van der Waals surface area contributed by atoms with Crippen LogP contribution in [0.4, 0.5) is 0 Å². The predicted octanol–water partition coefficient (Wildman–Crippen LogP) is 0.713. The van der Waals surface area contributed by atoms with Gasteiger partial charge in [-0.25, -0.2) is 0 Å². The number of ether oxygens (including phenoxy) is 1. The molecule has 4 heteroatoms. The third-order valence-electron chi connectivity index (χ3n) is 1.14. The highest BCUT2D eigenvalue weighted by molar-refractivity contribution is 5.74. The summed E-state index contributed by atoms with van der Waals surface area (Å²) in [6.07, 6.45) is 0. The summed E-state index contributed by atoms with van der Waals surface area (Å²) in [4.78, 5) is 10.6. The first-order valence-electron chi connectivity index (χ1n) is 3.28. The fourth-order valence-corrected chi connectivity index (χ4v) is 0.662. The molecule has 0 radical (unpaired) electrons. The second-order valence-corrected chi connectivity index (χ2v) is 1.99. The van der Waals surface area contributed by atoms with Crippen LogP contribution in [0.3, 0.4) is 0 Å². The van der Waals surface area contributed by atoms with Crippen molar-refractivity contribution < 1.29 is 9.53 Å². The first kappa shape index (κ1) is 10.6. The Labute approximate surface area is 70.9 Å². The van der Waals surface area contributed by atoms with Gasteiger partial charge in [-0.2, -0.15) is 0 Å². The van der Waals surface area contributed by atoms with Gasteiger partial charge in [-0.15, -0.1) is 0 Å². The number of carbonyl (C=O) groups excluding carboxylic acids is 1. The van der Waals surface area contributed by atoms with Crippen LogP contribution in [0.1, 0.15) is 0 Å². The van der Waals surface area contributed by atoms with Crippen LogP contribution in [-0.4, -0.2) is 12.5 Å². The number of carbonyl (C=O) groups is 1. The molecule has 0 bridgehead atoms. The fourth-order valence-electron chi connectivity index (χ4n) is 0.662. The van der Waals surface area contributed by atoms with Crippen molar-refractivity contribution in [2.24, 2.45) is 5.73 Å². The fraction of sp³-hybridized carbons (Fsp3) is 0.125. The summed E-state index contributed by atoms with van der Waals surface area (Å²) in [6, 6.07) is 8.83. The minimum Gasteiger partial charge on any atom is -0.426 e. The Hall–Kier alpha value is -1.39. The van der Waals surface area contributed by atoms with E-state index in [4.69, 9.17) is 10.5 Å². The minimum atomic E-state index is -0.420. The molecular formula is C8H12N2O2. The molecule has 0 atom stereocenters. The maximum atomic E-state index is 10.6. The topological polar surface area (TPSA) is 87.3 Å². The van der Waals surface area contributed by atoms with Gasteiger partial charge in [0.05, 0.1) is 6.54 Å². The van der Waals surface area contributed by atoms with E-state index in [1.807, 2.05) is 6.07 Å². The highest BCUT2D eigenvalue weighted by atomic mass is 16.5. The number of hydrogen-bond donors (Lipinski definition) is 2. The third kappa shape index (κ3) is 3.14. The Bertz CT molecular complexity index is 236. The molecular weight excluding hydrogens is 156 g/mol. The first-order valence-corrected chi connectivity index (χ1v) is 3.28. The zero-order chi connectivity index (χ0) is 8.10. The Kier molecular flexibility index (Phi) is 4.67. The molecule has 0 aromatic heterocycles. The van der Waals surface area contributed by atoms with Gasteiger partial charge >= 0.3 is 5.97 Å². The van der Waals surface area contributed by atoms with Crippen LogP contribution in [0.5, 0.6) is 5.75 Å². The summed E-state index contributed by atoms with van der Waals surface area (Å²) >= 11 is 0. The average Bonchev–Trinajstić information content (AvgIpc) is 2.06. The van der Waals surface area contributed by atoms with Crippen LogP contribution in [0.2, 0.25) is 0 Å². The molecule has 0 unspecified atom stereocenters. The zero-order valence-corrected chi connectivity index (χ0v) is 6.69. The predicted molar refractivity (Wildman–Crippen MR) is 46.2 cm³/mol. The first-order chi connectivity index (χ1) is 5.33. The van der Waals surface area contributed by atoms with Crippen LogP contribution in [-0.2, 0) is 4.79 Å². The molecule has 66 valence electrons. The molecule has 0 heterocycles. The van der Waals surface area contributed by atoms with Gasteiger partial charge in [0.1, 0.15) is 5.75 Å². The quantitative estimate of drug-likeness (QED) is 0.503. The lowest BCUT2D eigenvalue weighted by molar-refractivity contribution is -0.132. The van der Waals surface area contributed by atoms with E-state index >= 15 is 0 Å². The van der Waals surface area contributed by atoms with Gasteiger partial charge in [0.25, 0.3) is 0 Å². The van der Waals surface area contributed by atoms with Crippen molar-refractivity contribution in [3.63, 3.8) is 0 Å². The van der Waals surface area contributed by atoms with Crippen molar-refractivity contribution in [3.8, 4) is 5.75 Å². The molecule has 0 spiro atoms. The van der Waals surface area contributed by atoms with Crippen molar-refractivity contribution in [1.82, 2.24) is 6.15 Å². The second kappa shape index (κ2) is 5.29. The van der Waals surface area contributed by atoms with E-state index < -0.39 is 5.97 Å². The van der Waals surface area contributed by atoms with E-state index in [0.29, 0.717) is 5.75 Å². The second-order valence-electron chi connectivity index (χ2n) is 1.99. The normalized spacial score (nSPS) is 8.42. The van der Waals surface area contributed by atoms with E-state index in [2.05, 4.69) is 0 Å². The van der Waals surface area contributed by atoms with Crippen LogP contribution >= 0.6 is 0 Å². The number of nitrogens with two attached hydrogens (primary N) is 1. The maximum Gasteiger partial charge on any atom is 0.325 e. The van der Waals surface area contributed by atoms with Gasteiger partial charge in [-0.3, -0.25) is 4.79 Å². The molecule has 0 aliphatic heterocycles. The summed E-state index contributed by atoms with van der Waals surface area (Å²) in [5, 5.41) is 0. The standard InChI is InChI=1S/C8H9NO2.H3N/c9-6-8(10)11-7-4-2-1-3-5-7;/h1-5H,6,9H2;1H3. The molecule has 0 saturated heterocycles. The lowest BCUT2D eigenvalue weighted by Crippen LogP contribution is -2.19. The molecule has 4 nitrogen and oxygen atoms in total. The molecule has 0 aliphatic rings. The number of para-hydroxylation sites is 1. The van der Waals surface area contributed by atoms with Crippen molar-refractivity contribution in [3.05, 3.63) is 30.3 Å². The number of benzene rings is 1. The van der Waals surface area contributed by atoms with Gasteiger partial charge in [-0.05, 0) is 12.1 Å². The monoisotopic (exact) mass is 168 g/mol. The lowest BCUT2D eigenvalue weighted by atomic mass is 10.3. The minimum absolute atomic E-state index is 0. The van der Waals surface area contributed by atoms with Crippen LogP contribution in [0, 0.1) is 0 Å². The molecule has 0 amide bonds. The molecule has 12 heavy (non-hydrogen) atoms. The van der Waals surface area contributed by atoms with E-state index in [9.17, 15) is 4.79 Å². The third-order valence-corrected chi connectivity index (χ3v) is 1.14. The molecule has 0 saturated carbocycles. The molecule has 1 rings (SSSR count). The van der Waals surface area contributed by atoms with Gasteiger partial charge in [0.15, 0.2) is 0 Å². The van der Waals surface area contributed by atoms with Crippen molar-refractivity contribution >= 4 is 5.97 Å². The summed E-state index contributed by atoms with van der Waals surface area (Å²) in [5.74, 6) is 0.110. The molecule has 5 N–H and O–H groups in total. The van der Waals surface area contributed by atoms with Gasteiger partial charge in [-0.1, -0.05) is 18.2 Å². The van der Waals surface area contributed by atoms with E-state index in [1.165, 1.54) is 0 Å². The highest BCUT2D eigenvalue weighted by Gasteiger charge is 1.98. The van der Waals surface area contributed by atoms with E-state index in [-0.39, 0.29) is 12.7 Å². The van der Waals surface area contributed by atoms with E-state index in [1.54, 1.807) is 24.3 Å². The summed E-state index contributed by atoms with van der Waals surface area (Å²) in [6.45, 7) is -0.0884. The largest absolute Gasteiger partial charge is 0.426 e. The van der Waals surface area contributed by atoms with E-state index in [0.717, 1.165) is 0 Å². The smallest absolute Gasteiger partial charge is 0.325 e. The Morgan fingerprint density at radius 3 is 2.42 bits per heavy atom. The number of rotatable bonds is 2. The summed E-state index contributed by atoms with van der Waals surface area (Å²) < 4.78 is 4.80. The maximum absolute atomic E-state index is 10.6. The van der Waals surface area contributed by atoms with Crippen molar-refractivity contribution in [1.29, 1.82) is 0 Å². The molecule has 0 aliphatic carbocycles. The Balaban J connectivity index is 0.00000121. The van der Waals surface area contributed by atoms with Crippen LogP contribution < -0.4 is 16.6 Å². The lowest BCUT2D eigenvalue weighted by Gasteiger charge is -1.99. The van der Waals surface area contributed by atoms with Crippen molar-refractivity contribution in [2.45, 2.75) is 0 Å². The summed E-state index contributed by atoms with van der Waals surface area (Å²) in [5.41, 5.74) is 5.05. The number of hydrogen-bond acceptors (Lipinski definition) is 4. The molecule has 1 aromatic rings. The Morgan fingerprint density at radius 1 is 1.33 bits per heavy atom. The SMILES string of the molecule is N.NCC(=O)Oc1ccccc1. The van der Waals surface area contributed by atoms with Crippen LogP contribution in [0.25, 0.3) is 0 Å². The zero-order valence-electron chi connectivity index (χ0n) is 6.69. The number of esters is 1.